The van der Waals surface area contributed by atoms with Gasteiger partial charge in [0, 0.05) is 32.7 Å². The van der Waals surface area contributed by atoms with E-state index < -0.39 is 0 Å². The van der Waals surface area contributed by atoms with Crippen molar-refractivity contribution in [1.29, 1.82) is 0 Å². The SMILES string of the molecule is O=C(NCc1ccc(F)cc1)c1nnc(CN2CCNCC2)s1. The van der Waals surface area contributed by atoms with Gasteiger partial charge in [-0.1, -0.05) is 23.5 Å². The Balaban J connectivity index is 1.52. The molecule has 1 saturated heterocycles. The van der Waals surface area contributed by atoms with Crippen LogP contribution in [0.3, 0.4) is 0 Å². The minimum absolute atomic E-state index is 0.251. The van der Waals surface area contributed by atoms with E-state index in [0.29, 0.717) is 11.6 Å². The molecule has 0 aliphatic carbocycles. The fraction of sp³-hybridized carbons (Fsp3) is 0.400. The van der Waals surface area contributed by atoms with Crippen LogP contribution in [0.15, 0.2) is 24.3 Å². The molecule has 1 aromatic heterocycles. The van der Waals surface area contributed by atoms with Crippen LogP contribution in [0.2, 0.25) is 0 Å². The van der Waals surface area contributed by atoms with Crippen molar-refractivity contribution in [2.24, 2.45) is 0 Å². The van der Waals surface area contributed by atoms with Gasteiger partial charge in [0.2, 0.25) is 5.01 Å². The van der Waals surface area contributed by atoms with Gasteiger partial charge in [-0.15, -0.1) is 10.2 Å². The second-order valence-corrected chi connectivity index (χ2v) is 6.40. The predicted molar refractivity (Wildman–Crippen MR) is 85.6 cm³/mol. The number of benzene rings is 1. The molecule has 2 aromatic rings. The monoisotopic (exact) mass is 335 g/mol. The Morgan fingerprint density at radius 1 is 1.26 bits per heavy atom. The Hall–Kier alpha value is -1.90. The third kappa shape index (κ3) is 4.54. The van der Waals surface area contributed by atoms with Crippen molar-refractivity contribution in [3.63, 3.8) is 0 Å². The van der Waals surface area contributed by atoms with Gasteiger partial charge in [-0.25, -0.2) is 4.39 Å². The molecular weight excluding hydrogens is 317 g/mol. The van der Waals surface area contributed by atoms with Crippen LogP contribution in [-0.2, 0) is 13.1 Å². The van der Waals surface area contributed by atoms with E-state index in [1.807, 2.05) is 0 Å². The third-order valence-electron chi connectivity index (χ3n) is 3.60. The van der Waals surface area contributed by atoms with Crippen LogP contribution < -0.4 is 10.6 Å². The van der Waals surface area contributed by atoms with Crippen LogP contribution in [-0.4, -0.2) is 47.2 Å². The summed E-state index contributed by atoms with van der Waals surface area (Å²) in [5.41, 5.74) is 0.838. The maximum atomic E-state index is 12.8. The third-order valence-corrected chi connectivity index (χ3v) is 4.50. The molecule has 6 nitrogen and oxygen atoms in total. The summed E-state index contributed by atoms with van der Waals surface area (Å²) in [6.07, 6.45) is 0. The summed E-state index contributed by atoms with van der Waals surface area (Å²) in [5, 5.41) is 15.3. The molecule has 8 heteroatoms. The number of amides is 1. The summed E-state index contributed by atoms with van der Waals surface area (Å²) in [5.74, 6) is -0.542. The Labute approximate surface area is 137 Å². The lowest BCUT2D eigenvalue weighted by molar-refractivity contribution is 0.0950. The number of hydrogen-bond acceptors (Lipinski definition) is 6. The quantitative estimate of drug-likeness (QED) is 0.853. The number of hydrogen-bond donors (Lipinski definition) is 2. The number of halogens is 1. The van der Waals surface area contributed by atoms with Crippen LogP contribution in [0, 0.1) is 5.82 Å². The summed E-state index contributed by atoms with van der Waals surface area (Å²) in [7, 11) is 0. The largest absolute Gasteiger partial charge is 0.346 e. The fourth-order valence-electron chi connectivity index (χ4n) is 2.33. The maximum Gasteiger partial charge on any atom is 0.282 e. The van der Waals surface area contributed by atoms with Crippen molar-refractivity contribution < 1.29 is 9.18 Å². The molecule has 2 N–H and O–H groups in total. The zero-order valence-corrected chi connectivity index (χ0v) is 13.4. The van der Waals surface area contributed by atoms with Crippen LogP contribution in [0.4, 0.5) is 4.39 Å². The van der Waals surface area contributed by atoms with Gasteiger partial charge in [-0.3, -0.25) is 9.69 Å². The number of carbonyl (C=O) groups is 1. The molecule has 1 fully saturated rings. The lowest BCUT2D eigenvalue weighted by Gasteiger charge is -2.25. The number of piperazine rings is 1. The van der Waals surface area contributed by atoms with E-state index in [9.17, 15) is 9.18 Å². The molecule has 0 unspecified atom stereocenters. The van der Waals surface area contributed by atoms with Gasteiger partial charge in [0.05, 0.1) is 6.54 Å². The number of carbonyl (C=O) groups excluding carboxylic acids is 1. The Bertz CT molecular complexity index is 654. The molecule has 2 heterocycles. The molecule has 1 aromatic carbocycles. The minimum Gasteiger partial charge on any atom is -0.346 e. The van der Waals surface area contributed by atoms with Gasteiger partial charge in [0.25, 0.3) is 5.91 Å². The zero-order chi connectivity index (χ0) is 16.1. The molecule has 1 aliphatic heterocycles. The predicted octanol–water partition coefficient (Wildman–Crippen LogP) is 1.01. The van der Waals surface area contributed by atoms with Crippen LogP contribution in [0.25, 0.3) is 0 Å². The second-order valence-electron chi connectivity index (χ2n) is 5.34. The van der Waals surface area contributed by atoms with Crippen molar-refractivity contribution in [1.82, 2.24) is 25.7 Å². The van der Waals surface area contributed by atoms with Crippen molar-refractivity contribution >= 4 is 17.2 Å². The highest BCUT2D eigenvalue weighted by Crippen LogP contribution is 2.13. The van der Waals surface area contributed by atoms with Crippen molar-refractivity contribution in [3.8, 4) is 0 Å². The average molecular weight is 335 g/mol. The average Bonchev–Trinajstić information content (AvgIpc) is 3.03. The number of nitrogens with zero attached hydrogens (tertiary/aromatic N) is 3. The number of rotatable bonds is 5. The van der Waals surface area contributed by atoms with Crippen molar-refractivity contribution in [2.75, 3.05) is 26.2 Å². The van der Waals surface area contributed by atoms with E-state index in [1.165, 1.54) is 23.5 Å². The topological polar surface area (TPSA) is 70.2 Å². The summed E-state index contributed by atoms with van der Waals surface area (Å²) in [6, 6.07) is 6.03. The second kappa shape index (κ2) is 7.58. The fourth-order valence-corrected chi connectivity index (χ4v) is 3.13. The number of nitrogens with one attached hydrogen (secondary N) is 2. The van der Waals surface area contributed by atoms with Gasteiger partial charge in [-0.05, 0) is 17.7 Å². The molecular formula is C15H18FN5OS. The first-order valence-electron chi connectivity index (χ1n) is 7.49. The van der Waals surface area contributed by atoms with E-state index in [1.54, 1.807) is 12.1 Å². The summed E-state index contributed by atoms with van der Waals surface area (Å²) in [6.45, 7) is 4.97. The van der Waals surface area contributed by atoms with E-state index in [0.717, 1.165) is 43.3 Å². The highest BCUT2D eigenvalue weighted by Gasteiger charge is 2.16. The van der Waals surface area contributed by atoms with Crippen molar-refractivity contribution in [2.45, 2.75) is 13.1 Å². The van der Waals surface area contributed by atoms with Crippen molar-refractivity contribution in [3.05, 3.63) is 45.7 Å². The van der Waals surface area contributed by atoms with Crippen LogP contribution in [0.5, 0.6) is 0 Å². The summed E-state index contributed by atoms with van der Waals surface area (Å²) < 4.78 is 12.8. The van der Waals surface area contributed by atoms with Crippen LogP contribution >= 0.6 is 11.3 Å². The first-order valence-corrected chi connectivity index (χ1v) is 8.30. The lowest BCUT2D eigenvalue weighted by atomic mass is 10.2. The van der Waals surface area contributed by atoms with E-state index in [4.69, 9.17) is 0 Å². The van der Waals surface area contributed by atoms with Gasteiger partial charge in [-0.2, -0.15) is 0 Å². The first-order chi connectivity index (χ1) is 11.2. The highest BCUT2D eigenvalue weighted by molar-refractivity contribution is 7.13. The minimum atomic E-state index is -0.290. The molecule has 0 atom stereocenters. The molecule has 1 aliphatic rings. The molecule has 0 bridgehead atoms. The van der Waals surface area contributed by atoms with Crippen LogP contribution in [0.1, 0.15) is 20.4 Å². The van der Waals surface area contributed by atoms with E-state index in [2.05, 4.69) is 25.7 Å². The van der Waals surface area contributed by atoms with Gasteiger partial charge in [0.1, 0.15) is 10.8 Å². The van der Waals surface area contributed by atoms with Gasteiger partial charge >= 0.3 is 0 Å². The normalized spacial score (nSPS) is 15.5. The van der Waals surface area contributed by atoms with E-state index >= 15 is 0 Å². The smallest absolute Gasteiger partial charge is 0.282 e. The molecule has 3 rings (SSSR count). The Morgan fingerprint density at radius 2 is 2.00 bits per heavy atom. The zero-order valence-electron chi connectivity index (χ0n) is 12.6. The standard InChI is InChI=1S/C15H18FN5OS/c16-12-3-1-11(2-4-12)9-18-14(22)15-20-19-13(23-15)10-21-7-5-17-6-8-21/h1-4,17H,5-10H2,(H,18,22). The molecule has 0 radical (unpaired) electrons. The van der Waals surface area contributed by atoms with E-state index in [-0.39, 0.29) is 11.7 Å². The maximum absolute atomic E-state index is 12.8. The highest BCUT2D eigenvalue weighted by atomic mass is 32.1. The first kappa shape index (κ1) is 16.0. The Morgan fingerprint density at radius 3 is 2.74 bits per heavy atom. The lowest BCUT2D eigenvalue weighted by Crippen LogP contribution is -2.42. The van der Waals surface area contributed by atoms with Gasteiger partial charge < -0.3 is 10.6 Å². The summed E-state index contributed by atoms with van der Waals surface area (Å²) in [4.78, 5) is 14.4. The summed E-state index contributed by atoms with van der Waals surface area (Å²) >= 11 is 1.32. The molecule has 0 saturated carbocycles. The molecule has 23 heavy (non-hydrogen) atoms. The van der Waals surface area contributed by atoms with Gasteiger partial charge in [0.15, 0.2) is 0 Å². The molecule has 1 amide bonds. The molecule has 122 valence electrons. The molecule has 0 spiro atoms. The Kier molecular flexibility index (Phi) is 5.27. The number of aromatic nitrogens is 2.